The standard InChI is InChI=1S/C21H18FN3/c1-14-20(17-9-2-3-10-18(17)24-14)21(15-7-6-8-16(22)13-15)25-19-11-4-5-12-23-19/h2-13,21,24H,1H3,(H,23,25)/p+1. The minimum atomic E-state index is -0.237. The van der Waals surface area contributed by atoms with E-state index in [9.17, 15) is 4.39 Å². The van der Waals surface area contributed by atoms with Gasteiger partial charge < -0.3 is 4.98 Å². The summed E-state index contributed by atoms with van der Waals surface area (Å²) in [6.07, 6.45) is 1.87. The number of fused-ring (bicyclic) bond motifs is 1. The highest BCUT2D eigenvalue weighted by atomic mass is 19.1. The zero-order valence-electron chi connectivity index (χ0n) is 13.9. The van der Waals surface area contributed by atoms with Crippen molar-refractivity contribution < 1.29 is 9.37 Å². The molecule has 1 atom stereocenters. The van der Waals surface area contributed by atoms with Crippen molar-refractivity contribution in [3.63, 3.8) is 0 Å². The van der Waals surface area contributed by atoms with Gasteiger partial charge in [-0.25, -0.2) is 9.37 Å². The minimum absolute atomic E-state index is 0.175. The van der Waals surface area contributed by atoms with E-state index in [2.05, 4.69) is 34.3 Å². The molecule has 2 aromatic carbocycles. The Labute approximate surface area is 145 Å². The van der Waals surface area contributed by atoms with Crippen molar-refractivity contribution in [1.82, 2.24) is 4.98 Å². The van der Waals surface area contributed by atoms with Gasteiger partial charge in [0.05, 0.1) is 6.20 Å². The predicted molar refractivity (Wildman–Crippen MR) is 97.9 cm³/mol. The molecule has 0 aliphatic heterocycles. The van der Waals surface area contributed by atoms with Crippen molar-refractivity contribution in [2.24, 2.45) is 0 Å². The van der Waals surface area contributed by atoms with E-state index in [4.69, 9.17) is 0 Å². The number of benzene rings is 2. The number of aromatic amines is 2. The number of nitrogens with one attached hydrogen (secondary N) is 3. The highest BCUT2D eigenvalue weighted by Gasteiger charge is 2.25. The number of aryl methyl sites for hydroxylation is 1. The maximum absolute atomic E-state index is 13.9. The van der Waals surface area contributed by atoms with Crippen molar-refractivity contribution in [2.75, 3.05) is 5.32 Å². The van der Waals surface area contributed by atoms with Crippen LogP contribution in [0.15, 0.2) is 72.9 Å². The Bertz CT molecular complexity index is 1010. The highest BCUT2D eigenvalue weighted by molar-refractivity contribution is 5.86. The van der Waals surface area contributed by atoms with Crippen LogP contribution in [-0.2, 0) is 0 Å². The first-order valence-corrected chi connectivity index (χ1v) is 8.28. The number of aromatic nitrogens is 2. The highest BCUT2D eigenvalue weighted by Crippen LogP contribution is 2.34. The Morgan fingerprint density at radius 1 is 1.00 bits per heavy atom. The smallest absolute Gasteiger partial charge is 0.272 e. The third-order valence-corrected chi connectivity index (χ3v) is 4.42. The van der Waals surface area contributed by atoms with Gasteiger partial charge >= 0.3 is 0 Å². The van der Waals surface area contributed by atoms with Gasteiger partial charge in [-0.1, -0.05) is 36.4 Å². The molecule has 2 aromatic heterocycles. The van der Waals surface area contributed by atoms with Gasteiger partial charge in [-0.15, -0.1) is 0 Å². The Kier molecular flexibility index (Phi) is 3.94. The quantitative estimate of drug-likeness (QED) is 0.562. The molecule has 0 saturated carbocycles. The van der Waals surface area contributed by atoms with Crippen LogP contribution in [0.5, 0.6) is 0 Å². The van der Waals surface area contributed by atoms with Crippen LogP contribution in [0.1, 0.15) is 22.9 Å². The zero-order chi connectivity index (χ0) is 17.2. The minimum Gasteiger partial charge on any atom is -0.358 e. The van der Waals surface area contributed by atoms with E-state index in [1.54, 1.807) is 12.1 Å². The summed E-state index contributed by atoms with van der Waals surface area (Å²) in [7, 11) is 0. The Balaban J connectivity index is 1.89. The third-order valence-electron chi connectivity index (χ3n) is 4.42. The van der Waals surface area contributed by atoms with E-state index >= 15 is 0 Å². The van der Waals surface area contributed by atoms with E-state index in [-0.39, 0.29) is 11.9 Å². The molecule has 0 fully saturated rings. The van der Waals surface area contributed by atoms with Crippen molar-refractivity contribution in [3.05, 3.63) is 95.6 Å². The first-order valence-electron chi connectivity index (χ1n) is 8.28. The first kappa shape index (κ1) is 15.4. The molecule has 0 aliphatic rings. The molecule has 4 heteroatoms. The third kappa shape index (κ3) is 2.98. The average molecular weight is 332 g/mol. The molecular formula is C21H19FN3+. The predicted octanol–water partition coefficient (Wildman–Crippen LogP) is 4.63. The van der Waals surface area contributed by atoms with Crippen LogP contribution in [0.2, 0.25) is 0 Å². The van der Waals surface area contributed by atoms with E-state index in [0.29, 0.717) is 0 Å². The summed E-state index contributed by atoms with van der Waals surface area (Å²) in [6, 6.07) is 20.6. The largest absolute Gasteiger partial charge is 0.358 e. The summed E-state index contributed by atoms with van der Waals surface area (Å²) in [4.78, 5) is 6.63. The van der Waals surface area contributed by atoms with Gasteiger partial charge in [-0.2, -0.15) is 0 Å². The summed E-state index contributed by atoms with van der Waals surface area (Å²) >= 11 is 0. The summed E-state index contributed by atoms with van der Waals surface area (Å²) in [5, 5.41) is 4.65. The van der Waals surface area contributed by atoms with Crippen LogP contribution < -0.4 is 10.3 Å². The molecule has 0 amide bonds. The second-order valence-electron chi connectivity index (χ2n) is 6.12. The number of pyridine rings is 1. The summed E-state index contributed by atoms with van der Waals surface area (Å²) in [6.45, 7) is 2.05. The normalized spacial score (nSPS) is 12.2. The van der Waals surface area contributed by atoms with E-state index in [0.717, 1.165) is 33.5 Å². The molecule has 1 unspecified atom stereocenters. The molecule has 3 nitrogen and oxygen atoms in total. The fraction of sp³-hybridized carbons (Fsp3) is 0.0952. The number of rotatable bonds is 4. The zero-order valence-corrected chi connectivity index (χ0v) is 13.9. The Hall–Kier alpha value is -3.14. The molecule has 124 valence electrons. The van der Waals surface area contributed by atoms with Crippen molar-refractivity contribution >= 4 is 16.7 Å². The van der Waals surface area contributed by atoms with Crippen LogP contribution in [-0.4, -0.2) is 4.98 Å². The van der Waals surface area contributed by atoms with Gasteiger partial charge in [0.25, 0.3) is 5.82 Å². The van der Waals surface area contributed by atoms with Crippen molar-refractivity contribution in [3.8, 4) is 0 Å². The number of hydrogen-bond acceptors (Lipinski definition) is 1. The van der Waals surface area contributed by atoms with Crippen LogP contribution in [0.25, 0.3) is 10.9 Å². The fourth-order valence-corrected chi connectivity index (χ4v) is 3.32. The van der Waals surface area contributed by atoms with Gasteiger partial charge in [-0.3, -0.25) is 5.32 Å². The van der Waals surface area contributed by atoms with E-state index < -0.39 is 0 Å². The van der Waals surface area contributed by atoms with Gasteiger partial charge in [0.1, 0.15) is 11.9 Å². The van der Waals surface area contributed by atoms with Crippen LogP contribution in [0.4, 0.5) is 10.2 Å². The molecule has 2 heterocycles. The molecule has 25 heavy (non-hydrogen) atoms. The second kappa shape index (κ2) is 6.40. The molecule has 0 saturated heterocycles. The Morgan fingerprint density at radius 2 is 1.84 bits per heavy atom. The van der Waals surface area contributed by atoms with E-state index in [1.165, 1.54) is 6.07 Å². The molecule has 0 radical (unpaired) electrons. The van der Waals surface area contributed by atoms with E-state index in [1.807, 2.05) is 42.6 Å². The van der Waals surface area contributed by atoms with Crippen LogP contribution >= 0.6 is 0 Å². The number of hydrogen-bond donors (Lipinski definition) is 2. The molecule has 0 spiro atoms. The van der Waals surface area contributed by atoms with Crippen molar-refractivity contribution in [1.29, 1.82) is 0 Å². The molecule has 3 N–H and O–H groups in total. The topological polar surface area (TPSA) is 42.0 Å². The molecule has 4 rings (SSSR count). The fourth-order valence-electron chi connectivity index (χ4n) is 3.32. The monoisotopic (exact) mass is 332 g/mol. The lowest BCUT2D eigenvalue weighted by atomic mass is 9.96. The van der Waals surface area contributed by atoms with Gasteiger partial charge in [0, 0.05) is 33.8 Å². The number of anilines is 1. The van der Waals surface area contributed by atoms with Gasteiger partial charge in [0.15, 0.2) is 0 Å². The maximum atomic E-state index is 13.9. The first-order chi connectivity index (χ1) is 12.2. The molecule has 4 aromatic rings. The number of halogens is 1. The lowest BCUT2D eigenvalue weighted by Gasteiger charge is -2.16. The summed E-state index contributed by atoms with van der Waals surface area (Å²) < 4.78 is 13.9. The maximum Gasteiger partial charge on any atom is 0.272 e. The van der Waals surface area contributed by atoms with Gasteiger partial charge in [-0.05, 0) is 31.2 Å². The second-order valence-corrected chi connectivity index (χ2v) is 6.12. The Morgan fingerprint density at radius 3 is 2.64 bits per heavy atom. The summed E-state index contributed by atoms with van der Waals surface area (Å²) in [5.41, 5.74) is 4.15. The molecule has 0 aliphatic carbocycles. The number of H-pyrrole nitrogens is 2. The van der Waals surface area contributed by atoms with Crippen molar-refractivity contribution in [2.45, 2.75) is 13.0 Å². The van der Waals surface area contributed by atoms with Crippen LogP contribution in [0.3, 0.4) is 0 Å². The lowest BCUT2D eigenvalue weighted by molar-refractivity contribution is -0.361. The summed E-state index contributed by atoms with van der Waals surface area (Å²) in [5.74, 6) is 0.639. The molecule has 0 bridgehead atoms. The van der Waals surface area contributed by atoms with Crippen LogP contribution in [0, 0.1) is 12.7 Å². The van der Waals surface area contributed by atoms with Gasteiger partial charge in [0.2, 0.25) is 0 Å². The SMILES string of the molecule is Cc1[nH]c2ccccc2c1C(Nc1cccc[nH+]1)c1cccc(F)c1. The number of para-hydroxylation sites is 1. The average Bonchev–Trinajstić information content (AvgIpc) is 2.96. The lowest BCUT2D eigenvalue weighted by Crippen LogP contribution is -2.19. The molecular weight excluding hydrogens is 313 g/mol.